The summed E-state index contributed by atoms with van der Waals surface area (Å²) in [4.78, 5) is 28.2. The molecule has 0 atom stereocenters. The normalized spacial score (nSPS) is 10.2. The van der Waals surface area contributed by atoms with E-state index in [4.69, 9.17) is 11.6 Å². The van der Waals surface area contributed by atoms with Gasteiger partial charge in [0, 0.05) is 16.2 Å². The van der Waals surface area contributed by atoms with E-state index >= 15 is 0 Å². The number of nitrogens with one attached hydrogen (secondary N) is 2. The zero-order valence-corrected chi connectivity index (χ0v) is 15.7. The summed E-state index contributed by atoms with van der Waals surface area (Å²) in [5, 5.41) is 5.01. The minimum absolute atomic E-state index is 0.225. The third-order valence-electron chi connectivity index (χ3n) is 3.53. The van der Waals surface area contributed by atoms with Crippen LogP contribution in [0.1, 0.15) is 10.4 Å². The fraction of sp³-hybridized carbons (Fsp3) is 0. The van der Waals surface area contributed by atoms with Crippen LogP contribution in [0.4, 0.5) is 10.6 Å². The van der Waals surface area contributed by atoms with Crippen LogP contribution in [0.2, 0.25) is 5.02 Å². The van der Waals surface area contributed by atoms with Crippen LogP contribution >= 0.6 is 27.5 Å². The summed E-state index contributed by atoms with van der Waals surface area (Å²) in [6, 6.07) is 17.1. The lowest BCUT2D eigenvalue weighted by atomic mass is 10.1. The lowest BCUT2D eigenvalue weighted by Gasteiger charge is -2.08. The fourth-order valence-corrected chi connectivity index (χ4v) is 2.73. The van der Waals surface area contributed by atoms with Crippen LogP contribution < -0.4 is 10.6 Å². The van der Waals surface area contributed by atoms with Crippen molar-refractivity contribution in [2.24, 2.45) is 0 Å². The quantitative estimate of drug-likeness (QED) is 0.605. The highest BCUT2D eigenvalue weighted by Gasteiger charge is 2.13. The molecule has 0 fully saturated rings. The Morgan fingerprint density at radius 1 is 0.923 bits per heavy atom. The van der Waals surface area contributed by atoms with Crippen molar-refractivity contribution < 1.29 is 9.59 Å². The number of amides is 3. The molecule has 5 nitrogen and oxygen atoms in total. The number of halogens is 2. The molecule has 0 saturated heterocycles. The third-order valence-corrected chi connectivity index (χ3v) is 4.39. The average Bonchev–Trinajstić information content (AvgIpc) is 2.63. The molecule has 1 aromatic heterocycles. The van der Waals surface area contributed by atoms with Crippen molar-refractivity contribution in [3.63, 3.8) is 0 Å². The number of hydrogen-bond donors (Lipinski definition) is 2. The zero-order valence-electron chi connectivity index (χ0n) is 13.4. The number of hydrogen-bond acceptors (Lipinski definition) is 3. The molecule has 0 saturated carbocycles. The first kappa shape index (κ1) is 18.1. The second-order valence-corrected chi connectivity index (χ2v) is 6.65. The highest BCUT2D eigenvalue weighted by atomic mass is 79.9. The minimum Gasteiger partial charge on any atom is -0.292 e. The molecule has 0 aliphatic carbocycles. The Labute approximate surface area is 163 Å². The summed E-state index contributed by atoms with van der Waals surface area (Å²) in [6.45, 7) is 0. The molecule has 3 aromatic rings. The van der Waals surface area contributed by atoms with Crippen LogP contribution in [0.3, 0.4) is 0 Å². The Balaban J connectivity index is 1.63. The van der Waals surface area contributed by atoms with Gasteiger partial charge in [0.15, 0.2) is 0 Å². The van der Waals surface area contributed by atoms with Gasteiger partial charge in [-0.25, -0.2) is 9.78 Å². The van der Waals surface area contributed by atoms with Crippen LogP contribution in [0.15, 0.2) is 71.3 Å². The molecule has 2 N–H and O–H groups in total. The molecule has 0 aliphatic heterocycles. The molecule has 26 heavy (non-hydrogen) atoms. The van der Waals surface area contributed by atoms with Crippen molar-refractivity contribution in [3.8, 4) is 11.1 Å². The molecular weight excluding hydrogens is 418 g/mol. The maximum absolute atomic E-state index is 12.1. The van der Waals surface area contributed by atoms with Crippen molar-refractivity contribution in [3.05, 3.63) is 81.9 Å². The molecule has 2 aromatic carbocycles. The van der Waals surface area contributed by atoms with Gasteiger partial charge in [-0.2, -0.15) is 0 Å². The Kier molecular flexibility index (Phi) is 5.65. The molecule has 0 unspecified atom stereocenters. The monoisotopic (exact) mass is 429 g/mol. The molecule has 0 spiro atoms. The SMILES string of the molecule is O=C(NC(=O)c1ccccc1Cl)Nc1ccc(-c2ccc(Br)cc2)cn1. The summed E-state index contributed by atoms with van der Waals surface area (Å²) in [6.07, 6.45) is 1.65. The van der Waals surface area contributed by atoms with E-state index in [0.717, 1.165) is 15.6 Å². The molecule has 130 valence electrons. The van der Waals surface area contributed by atoms with Gasteiger partial charge in [-0.1, -0.05) is 51.8 Å². The first-order valence-electron chi connectivity index (χ1n) is 7.62. The molecule has 0 bridgehead atoms. The number of urea groups is 1. The molecule has 7 heteroatoms. The van der Waals surface area contributed by atoms with Crippen LogP contribution in [-0.4, -0.2) is 16.9 Å². The average molecular weight is 431 g/mol. The maximum Gasteiger partial charge on any atom is 0.327 e. The van der Waals surface area contributed by atoms with E-state index in [2.05, 4.69) is 31.5 Å². The van der Waals surface area contributed by atoms with E-state index in [1.54, 1.807) is 30.5 Å². The number of benzene rings is 2. The molecule has 0 radical (unpaired) electrons. The third kappa shape index (κ3) is 4.47. The zero-order chi connectivity index (χ0) is 18.5. The number of imide groups is 1. The first-order valence-corrected chi connectivity index (χ1v) is 8.79. The molecule has 3 rings (SSSR count). The lowest BCUT2D eigenvalue weighted by molar-refractivity contribution is 0.0967. The van der Waals surface area contributed by atoms with Crippen molar-refractivity contribution >= 4 is 45.3 Å². The predicted octanol–water partition coefficient (Wildman–Crippen LogP) is 5.13. The summed E-state index contributed by atoms with van der Waals surface area (Å²) in [5.74, 6) is -0.255. The number of carbonyl (C=O) groups excluding carboxylic acids is 2. The van der Waals surface area contributed by atoms with Crippen molar-refractivity contribution in [2.75, 3.05) is 5.32 Å². The minimum atomic E-state index is -0.682. The Hall–Kier alpha value is -2.70. The highest BCUT2D eigenvalue weighted by molar-refractivity contribution is 9.10. The van der Waals surface area contributed by atoms with Crippen LogP contribution in [0, 0.1) is 0 Å². The van der Waals surface area contributed by atoms with Gasteiger partial charge in [0.25, 0.3) is 5.91 Å². The largest absolute Gasteiger partial charge is 0.327 e. The maximum atomic E-state index is 12.1. The van der Waals surface area contributed by atoms with E-state index in [9.17, 15) is 9.59 Å². The van der Waals surface area contributed by atoms with Crippen LogP contribution in [0.25, 0.3) is 11.1 Å². The standard InChI is InChI=1S/C19H13BrClN3O2/c20-14-8-5-12(6-9-14)13-7-10-17(22-11-13)23-19(26)24-18(25)15-3-1-2-4-16(15)21/h1-11H,(H2,22,23,24,25,26). The van der Waals surface area contributed by atoms with Gasteiger partial charge in [-0.15, -0.1) is 0 Å². The van der Waals surface area contributed by atoms with Gasteiger partial charge in [-0.3, -0.25) is 15.4 Å². The van der Waals surface area contributed by atoms with E-state index in [1.165, 1.54) is 6.07 Å². The summed E-state index contributed by atoms with van der Waals surface area (Å²) >= 11 is 9.33. The number of rotatable bonds is 3. The first-order chi connectivity index (χ1) is 12.5. The second kappa shape index (κ2) is 8.12. The highest BCUT2D eigenvalue weighted by Crippen LogP contribution is 2.22. The van der Waals surface area contributed by atoms with E-state index in [1.807, 2.05) is 30.3 Å². The van der Waals surface area contributed by atoms with Crippen molar-refractivity contribution in [2.45, 2.75) is 0 Å². The van der Waals surface area contributed by atoms with Gasteiger partial charge in [0.05, 0.1) is 10.6 Å². The number of anilines is 1. The number of nitrogens with zero attached hydrogens (tertiary/aromatic N) is 1. The van der Waals surface area contributed by atoms with Crippen molar-refractivity contribution in [1.29, 1.82) is 0 Å². The van der Waals surface area contributed by atoms with Gasteiger partial charge in [0.1, 0.15) is 5.82 Å². The smallest absolute Gasteiger partial charge is 0.292 e. The lowest BCUT2D eigenvalue weighted by Crippen LogP contribution is -2.34. The summed E-state index contributed by atoms with van der Waals surface area (Å²) < 4.78 is 0.993. The summed E-state index contributed by atoms with van der Waals surface area (Å²) in [5.41, 5.74) is 2.14. The van der Waals surface area contributed by atoms with Crippen LogP contribution in [-0.2, 0) is 0 Å². The number of pyridine rings is 1. The fourth-order valence-electron chi connectivity index (χ4n) is 2.24. The molecule has 3 amide bonds. The topological polar surface area (TPSA) is 71.1 Å². The number of carbonyl (C=O) groups is 2. The van der Waals surface area contributed by atoms with Gasteiger partial charge in [0.2, 0.25) is 0 Å². The summed E-state index contributed by atoms with van der Waals surface area (Å²) in [7, 11) is 0. The molecular formula is C19H13BrClN3O2. The van der Waals surface area contributed by atoms with Gasteiger partial charge < -0.3 is 0 Å². The Morgan fingerprint density at radius 3 is 2.27 bits per heavy atom. The van der Waals surface area contributed by atoms with E-state index < -0.39 is 11.9 Å². The Bertz CT molecular complexity index is 944. The molecule has 0 aliphatic rings. The van der Waals surface area contributed by atoms with Gasteiger partial charge in [-0.05, 0) is 42.0 Å². The molecule has 1 heterocycles. The van der Waals surface area contributed by atoms with Crippen LogP contribution in [0.5, 0.6) is 0 Å². The van der Waals surface area contributed by atoms with E-state index in [0.29, 0.717) is 5.82 Å². The van der Waals surface area contributed by atoms with E-state index in [-0.39, 0.29) is 10.6 Å². The second-order valence-electron chi connectivity index (χ2n) is 5.33. The number of aromatic nitrogens is 1. The Morgan fingerprint density at radius 2 is 1.62 bits per heavy atom. The van der Waals surface area contributed by atoms with Gasteiger partial charge >= 0.3 is 6.03 Å². The van der Waals surface area contributed by atoms with Crippen molar-refractivity contribution in [1.82, 2.24) is 10.3 Å². The predicted molar refractivity (Wildman–Crippen MR) is 105 cm³/mol.